The largest absolute Gasteiger partial charge is 0.392 e. The van der Waals surface area contributed by atoms with Crippen LogP contribution in [0.1, 0.15) is 36.0 Å². The second kappa shape index (κ2) is 10.2. The number of carbonyl (C=O) groups excluding carboxylic acids is 1. The number of nitrogens with zero attached hydrogens (tertiary/aromatic N) is 3. The minimum atomic E-state index is -0.219. The first-order valence-corrected chi connectivity index (χ1v) is 11.4. The Hall–Kier alpha value is -2.57. The lowest BCUT2D eigenvalue weighted by Crippen LogP contribution is -2.37. The molecule has 2 aromatic carbocycles. The minimum absolute atomic E-state index is 0.0670. The van der Waals surface area contributed by atoms with Gasteiger partial charge in [-0.05, 0) is 42.0 Å². The van der Waals surface area contributed by atoms with E-state index in [2.05, 4.69) is 45.4 Å². The molecule has 0 bridgehead atoms. The zero-order valence-electron chi connectivity index (χ0n) is 18.5. The van der Waals surface area contributed by atoms with Crippen molar-refractivity contribution < 1.29 is 9.90 Å². The number of hydrogen-bond acceptors (Lipinski definition) is 4. The van der Waals surface area contributed by atoms with Gasteiger partial charge >= 0.3 is 6.03 Å². The third-order valence-electron chi connectivity index (χ3n) is 6.38. The van der Waals surface area contributed by atoms with E-state index in [1.54, 1.807) is 4.90 Å². The molecule has 2 fully saturated rings. The number of para-hydroxylation sites is 1. The van der Waals surface area contributed by atoms with Crippen LogP contribution in [-0.4, -0.2) is 60.3 Å². The van der Waals surface area contributed by atoms with Gasteiger partial charge in [-0.25, -0.2) is 4.79 Å². The Morgan fingerprint density at radius 2 is 1.71 bits per heavy atom. The van der Waals surface area contributed by atoms with E-state index in [1.807, 2.05) is 25.2 Å². The SMILES string of the molecule is CN(Cc1ccccc1N1CCCC1)C(=O)NCc1ccccc1CN1CCC(O)C1. The van der Waals surface area contributed by atoms with Crippen LogP contribution >= 0.6 is 0 Å². The summed E-state index contributed by atoms with van der Waals surface area (Å²) >= 11 is 0. The van der Waals surface area contributed by atoms with Gasteiger partial charge in [0.1, 0.15) is 0 Å². The fourth-order valence-electron chi connectivity index (χ4n) is 4.63. The van der Waals surface area contributed by atoms with Crippen LogP contribution in [-0.2, 0) is 19.6 Å². The molecule has 166 valence electrons. The summed E-state index contributed by atoms with van der Waals surface area (Å²) < 4.78 is 0. The van der Waals surface area contributed by atoms with Crippen LogP contribution in [0.25, 0.3) is 0 Å². The van der Waals surface area contributed by atoms with Crippen LogP contribution in [0.3, 0.4) is 0 Å². The van der Waals surface area contributed by atoms with Crippen molar-refractivity contribution in [3.8, 4) is 0 Å². The predicted molar refractivity (Wildman–Crippen MR) is 124 cm³/mol. The highest BCUT2D eigenvalue weighted by Crippen LogP contribution is 2.25. The molecule has 0 radical (unpaired) electrons. The van der Waals surface area contributed by atoms with Crippen LogP contribution < -0.4 is 10.2 Å². The Balaban J connectivity index is 1.34. The third kappa shape index (κ3) is 5.57. The number of aliphatic hydroxyl groups excluding tert-OH is 1. The molecule has 4 rings (SSSR count). The summed E-state index contributed by atoms with van der Waals surface area (Å²) in [6.45, 7) is 5.73. The monoisotopic (exact) mass is 422 g/mol. The molecule has 1 unspecified atom stereocenters. The van der Waals surface area contributed by atoms with Crippen molar-refractivity contribution in [3.63, 3.8) is 0 Å². The lowest BCUT2D eigenvalue weighted by molar-refractivity contribution is 0.174. The van der Waals surface area contributed by atoms with Gasteiger partial charge in [0.05, 0.1) is 6.10 Å². The second-order valence-electron chi connectivity index (χ2n) is 8.78. The lowest BCUT2D eigenvalue weighted by atomic mass is 10.1. The maximum atomic E-state index is 12.8. The van der Waals surface area contributed by atoms with E-state index in [1.165, 1.54) is 29.7 Å². The van der Waals surface area contributed by atoms with Gasteiger partial charge in [0, 0.05) is 58.5 Å². The highest BCUT2D eigenvalue weighted by atomic mass is 16.3. The molecule has 2 amide bonds. The van der Waals surface area contributed by atoms with Crippen LogP contribution in [0.15, 0.2) is 48.5 Å². The van der Waals surface area contributed by atoms with E-state index in [0.717, 1.165) is 44.7 Å². The molecular formula is C25H34N4O2. The topological polar surface area (TPSA) is 59.0 Å². The van der Waals surface area contributed by atoms with E-state index < -0.39 is 0 Å². The third-order valence-corrected chi connectivity index (χ3v) is 6.38. The number of β-amino-alcohol motifs (C(OH)–C–C–N with tert-alkyl or cyclic N) is 1. The fraction of sp³-hybridized carbons (Fsp3) is 0.480. The minimum Gasteiger partial charge on any atom is -0.392 e. The van der Waals surface area contributed by atoms with Gasteiger partial charge in [0.25, 0.3) is 0 Å². The normalized spacial score (nSPS) is 19.0. The molecule has 0 aromatic heterocycles. The second-order valence-corrected chi connectivity index (χ2v) is 8.78. The Labute approximate surface area is 185 Å². The highest BCUT2D eigenvalue weighted by Gasteiger charge is 2.21. The molecule has 0 spiro atoms. The average Bonchev–Trinajstić information content (AvgIpc) is 3.45. The Bertz CT molecular complexity index is 881. The standard InChI is InChI=1S/C25H34N4O2/c1-27(17-22-10-4-5-11-24(22)29-13-6-7-14-29)25(31)26-16-20-8-2-3-9-21(20)18-28-15-12-23(30)19-28/h2-5,8-11,23,30H,6-7,12-19H2,1H3,(H,26,31). The van der Waals surface area contributed by atoms with Crippen LogP contribution in [0.4, 0.5) is 10.5 Å². The average molecular weight is 423 g/mol. The number of urea groups is 1. The van der Waals surface area contributed by atoms with Crippen molar-refractivity contribution in [2.75, 3.05) is 38.1 Å². The quantitative estimate of drug-likeness (QED) is 0.720. The molecule has 2 aromatic rings. The maximum absolute atomic E-state index is 12.8. The zero-order valence-corrected chi connectivity index (χ0v) is 18.5. The summed E-state index contributed by atoms with van der Waals surface area (Å²) in [6, 6.07) is 16.6. The van der Waals surface area contributed by atoms with Gasteiger partial charge in [-0.3, -0.25) is 4.90 Å². The van der Waals surface area contributed by atoms with Crippen molar-refractivity contribution in [2.45, 2.75) is 45.0 Å². The number of carbonyl (C=O) groups is 1. The molecule has 2 aliphatic heterocycles. The number of aliphatic hydroxyl groups is 1. The number of likely N-dealkylation sites (tertiary alicyclic amines) is 1. The lowest BCUT2D eigenvalue weighted by Gasteiger charge is -2.25. The zero-order chi connectivity index (χ0) is 21.6. The van der Waals surface area contributed by atoms with E-state index in [0.29, 0.717) is 13.1 Å². The summed E-state index contributed by atoms with van der Waals surface area (Å²) in [5.74, 6) is 0. The van der Waals surface area contributed by atoms with Gasteiger partial charge in [0.2, 0.25) is 0 Å². The molecule has 2 saturated heterocycles. The van der Waals surface area contributed by atoms with Gasteiger partial charge in [-0.15, -0.1) is 0 Å². The Morgan fingerprint density at radius 1 is 1.03 bits per heavy atom. The maximum Gasteiger partial charge on any atom is 0.317 e. The van der Waals surface area contributed by atoms with E-state index >= 15 is 0 Å². The number of anilines is 1. The summed E-state index contributed by atoms with van der Waals surface area (Å²) in [5.41, 5.74) is 4.77. The molecule has 6 nitrogen and oxygen atoms in total. The molecule has 2 heterocycles. The van der Waals surface area contributed by atoms with E-state index in [-0.39, 0.29) is 12.1 Å². The molecule has 2 N–H and O–H groups in total. The first kappa shape index (κ1) is 21.7. The van der Waals surface area contributed by atoms with Gasteiger partial charge in [-0.1, -0.05) is 42.5 Å². The number of nitrogens with one attached hydrogen (secondary N) is 1. The summed E-state index contributed by atoms with van der Waals surface area (Å²) in [6.07, 6.45) is 3.09. The van der Waals surface area contributed by atoms with Gasteiger partial charge < -0.3 is 20.2 Å². The highest BCUT2D eigenvalue weighted by molar-refractivity contribution is 5.74. The summed E-state index contributed by atoms with van der Waals surface area (Å²) in [5, 5.41) is 12.9. The first-order chi connectivity index (χ1) is 15.1. The van der Waals surface area contributed by atoms with Gasteiger partial charge in [0.15, 0.2) is 0 Å². The van der Waals surface area contributed by atoms with Crippen molar-refractivity contribution in [1.82, 2.24) is 15.1 Å². The number of hydrogen-bond donors (Lipinski definition) is 2. The van der Waals surface area contributed by atoms with Crippen molar-refractivity contribution in [2.24, 2.45) is 0 Å². The molecule has 0 aliphatic carbocycles. The van der Waals surface area contributed by atoms with Crippen molar-refractivity contribution in [3.05, 3.63) is 65.2 Å². The van der Waals surface area contributed by atoms with Crippen molar-refractivity contribution >= 4 is 11.7 Å². The van der Waals surface area contributed by atoms with E-state index in [4.69, 9.17) is 0 Å². The molecule has 2 aliphatic rings. The number of amides is 2. The van der Waals surface area contributed by atoms with Crippen LogP contribution in [0.2, 0.25) is 0 Å². The van der Waals surface area contributed by atoms with Crippen LogP contribution in [0.5, 0.6) is 0 Å². The first-order valence-electron chi connectivity index (χ1n) is 11.4. The molecule has 1 atom stereocenters. The van der Waals surface area contributed by atoms with Crippen molar-refractivity contribution in [1.29, 1.82) is 0 Å². The molecule has 0 saturated carbocycles. The Kier molecular flexibility index (Phi) is 7.10. The molecule has 31 heavy (non-hydrogen) atoms. The smallest absolute Gasteiger partial charge is 0.317 e. The summed E-state index contributed by atoms with van der Waals surface area (Å²) in [4.78, 5) is 19.3. The molecule has 6 heteroatoms. The fourth-order valence-corrected chi connectivity index (χ4v) is 4.63. The van der Waals surface area contributed by atoms with E-state index in [9.17, 15) is 9.90 Å². The number of rotatable bonds is 7. The predicted octanol–water partition coefficient (Wildman–Crippen LogP) is 3.20. The number of benzene rings is 2. The van der Waals surface area contributed by atoms with Gasteiger partial charge in [-0.2, -0.15) is 0 Å². The molecular weight excluding hydrogens is 388 g/mol. The van der Waals surface area contributed by atoms with Crippen LogP contribution in [0, 0.1) is 0 Å². The Morgan fingerprint density at radius 3 is 2.42 bits per heavy atom. The summed E-state index contributed by atoms with van der Waals surface area (Å²) in [7, 11) is 1.85.